The maximum Gasteiger partial charge on any atom is 0.313 e. The molecule has 0 bridgehead atoms. The first-order valence-corrected chi connectivity index (χ1v) is 6.36. The van der Waals surface area contributed by atoms with Crippen molar-refractivity contribution in [3.63, 3.8) is 0 Å². The number of anilines is 2. The predicted molar refractivity (Wildman–Crippen MR) is 77.8 cm³/mol. The van der Waals surface area contributed by atoms with Gasteiger partial charge < -0.3 is 4.90 Å². The van der Waals surface area contributed by atoms with E-state index >= 15 is 0 Å². The summed E-state index contributed by atoms with van der Waals surface area (Å²) in [6, 6.07) is 10.2. The molecule has 0 spiro atoms. The van der Waals surface area contributed by atoms with Crippen molar-refractivity contribution in [1.29, 1.82) is 5.26 Å². The number of hydrogen-bond acceptors (Lipinski definition) is 5. The Morgan fingerprint density at radius 1 is 1.45 bits per heavy atom. The standard InChI is InChI=1S/C13H9BrN4O2/c1-17(11-4-2-3-9(5-11)7-15)13-12(18(19)20)6-10(14)8-16-13/h2-6,8H,1H3. The zero-order chi connectivity index (χ0) is 14.7. The molecule has 2 aromatic rings. The van der Waals surface area contributed by atoms with Crippen molar-refractivity contribution < 1.29 is 4.92 Å². The second-order valence-corrected chi connectivity index (χ2v) is 4.89. The average molecular weight is 333 g/mol. The third-order valence-corrected chi connectivity index (χ3v) is 3.12. The van der Waals surface area contributed by atoms with Gasteiger partial charge in [-0.05, 0) is 34.1 Å². The van der Waals surface area contributed by atoms with E-state index in [0.717, 1.165) is 0 Å². The van der Waals surface area contributed by atoms with E-state index in [4.69, 9.17) is 5.26 Å². The zero-order valence-electron chi connectivity index (χ0n) is 10.4. The van der Waals surface area contributed by atoms with Crippen LogP contribution in [0.4, 0.5) is 17.2 Å². The van der Waals surface area contributed by atoms with Crippen molar-refractivity contribution in [3.05, 3.63) is 56.7 Å². The van der Waals surface area contributed by atoms with E-state index in [9.17, 15) is 10.1 Å². The topological polar surface area (TPSA) is 83.1 Å². The highest BCUT2D eigenvalue weighted by Crippen LogP contribution is 2.32. The monoisotopic (exact) mass is 332 g/mol. The number of benzene rings is 1. The summed E-state index contributed by atoms with van der Waals surface area (Å²) < 4.78 is 0.534. The highest BCUT2D eigenvalue weighted by Gasteiger charge is 2.20. The van der Waals surface area contributed by atoms with Gasteiger partial charge >= 0.3 is 5.69 Å². The molecule has 0 N–H and O–H groups in total. The molecule has 1 aromatic carbocycles. The van der Waals surface area contributed by atoms with Crippen LogP contribution in [0, 0.1) is 21.4 Å². The van der Waals surface area contributed by atoms with Crippen LogP contribution in [0.15, 0.2) is 41.0 Å². The van der Waals surface area contributed by atoms with Gasteiger partial charge in [0.15, 0.2) is 0 Å². The van der Waals surface area contributed by atoms with Crippen LogP contribution in [0.2, 0.25) is 0 Å². The second kappa shape index (κ2) is 5.67. The largest absolute Gasteiger partial charge is 0.324 e. The summed E-state index contributed by atoms with van der Waals surface area (Å²) in [7, 11) is 1.67. The lowest BCUT2D eigenvalue weighted by Crippen LogP contribution is -2.13. The molecule has 100 valence electrons. The zero-order valence-corrected chi connectivity index (χ0v) is 12.0. The van der Waals surface area contributed by atoms with Crippen LogP contribution in [0.5, 0.6) is 0 Å². The van der Waals surface area contributed by atoms with Gasteiger partial charge in [0, 0.05) is 29.5 Å². The van der Waals surface area contributed by atoms with Gasteiger partial charge in [-0.2, -0.15) is 5.26 Å². The molecule has 0 atom stereocenters. The SMILES string of the molecule is CN(c1cccc(C#N)c1)c1ncc(Br)cc1[N+](=O)[O-]. The van der Waals surface area contributed by atoms with E-state index in [-0.39, 0.29) is 11.5 Å². The van der Waals surface area contributed by atoms with Crippen LogP contribution in [0.25, 0.3) is 0 Å². The number of pyridine rings is 1. The van der Waals surface area contributed by atoms with Crippen LogP contribution in [-0.2, 0) is 0 Å². The molecule has 0 aliphatic heterocycles. The minimum absolute atomic E-state index is 0.107. The van der Waals surface area contributed by atoms with Crippen molar-refractivity contribution in [2.45, 2.75) is 0 Å². The van der Waals surface area contributed by atoms with E-state index in [1.54, 1.807) is 36.2 Å². The molecule has 6 nitrogen and oxygen atoms in total. The summed E-state index contributed by atoms with van der Waals surface area (Å²) in [6.45, 7) is 0. The summed E-state index contributed by atoms with van der Waals surface area (Å²) in [5.74, 6) is 0.216. The van der Waals surface area contributed by atoms with Gasteiger partial charge in [-0.1, -0.05) is 6.07 Å². The number of hydrogen-bond donors (Lipinski definition) is 0. The molecule has 0 aliphatic rings. The van der Waals surface area contributed by atoms with E-state index in [2.05, 4.69) is 20.9 Å². The second-order valence-electron chi connectivity index (χ2n) is 3.97. The Balaban J connectivity index is 2.50. The number of nitrogens with zero attached hydrogens (tertiary/aromatic N) is 4. The molecule has 1 aromatic heterocycles. The number of halogens is 1. The molecule has 0 radical (unpaired) electrons. The summed E-state index contributed by atoms with van der Waals surface area (Å²) in [6.07, 6.45) is 1.49. The number of rotatable bonds is 3. The lowest BCUT2D eigenvalue weighted by Gasteiger charge is -2.18. The van der Waals surface area contributed by atoms with Gasteiger partial charge in [0.05, 0.1) is 16.6 Å². The highest BCUT2D eigenvalue weighted by atomic mass is 79.9. The first kappa shape index (κ1) is 14.0. The Morgan fingerprint density at radius 2 is 2.20 bits per heavy atom. The van der Waals surface area contributed by atoms with Gasteiger partial charge in [-0.15, -0.1) is 0 Å². The predicted octanol–water partition coefficient (Wildman–Crippen LogP) is 3.39. The minimum Gasteiger partial charge on any atom is -0.324 e. The maximum atomic E-state index is 11.1. The molecule has 7 heteroatoms. The third-order valence-electron chi connectivity index (χ3n) is 2.69. The summed E-state index contributed by atoms with van der Waals surface area (Å²) >= 11 is 3.16. The average Bonchev–Trinajstić information content (AvgIpc) is 2.46. The number of nitro groups is 1. The molecule has 0 saturated carbocycles. The molecular formula is C13H9BrN4O2. The third kappa shape index (κ3) is 2.75. The molecule has 0 amide bonds. The fourth-order valence-corrected chi connectivity index (χ4v) is 2.04. The van der Waals surface area contributed by atoms with Crippen molar-refractivity contribution >= 4 is 33.1 Å². The van der Waals surface area contributed by atoms with Crippen LogP contribution in [0.3, 0.4) is 0 Å². The molecular weight excluding hydrogens is 324 g/mol. The van der Waals surface area contributed by atoms with E-state index in [0.29, 0.717) is 15.7 Å². The van der Waals surface area contributed by atoms with Gasteiger partial charge in [-0.3, -0.25) is 10.1 Å². The Labute approximate surface area is 123 Å². The van der Waals surface area contributed by atoms with E-state index in [1.807, 2.05) is 6.07 Å². The molecule has 20 heavy (non-hydrogen) atoms. The Hall–Kier alpha value is -2.46. The molecule has 2 rings (SSSR count). The summed E-state index contributed by atoms with van der Waals surface area (Å²) in [5.41, 5.74) is 1.03. The fourth-order valence-electron chi connectivity index (χ4n) is 1.72. The van der Waals surface area contributed by atoms with E-state index < -0.39 is 4.92 Å². The molecule has 1 heterocycles. The molecule has 0 fully saturated rings. The Morgan fingerprint density at radius 3 is 2.85 bits per heavy atom. The van der Waals surface area contributed by atoms with Crippen LogP contribution in [0.1, 0.15) is 5.56 Å². The van der Waals surface area contributed by atoms with Crippen LogP contribution >= 0.6 is 15.9 Å². The number of nitriles is 1. The van der Waals surface area contributed by atoms with Crippen molar-refractivity contribution in [2.24, 2.45) is 0 Å². The van der Waals surface area contributed by atoms with Gasteiger partial charge in [0.2, 0.25) is 5.82 Å². The van der Waals surface area contributed by atoms with Crippen molar-refractivity contribution in [3.8, 4) is 6.07 Å². The fraction of sp³-hybridized carbons (Fsp3) is 0.0769. The Bertz CT molecular complexity index is 712. The quantitative estimate of drug-likeness (QED) is 0.635. The van der Waals surface area contributed by atoms with Crippen molar-refractivity contribution in [2.75, 3.05) is 11.9 Å². The first-order valence-electron chi connectivity index (χ1n) is 5.56. The minimum atomic E-state index is -0.488. The highest BCUT2D eigenvalue weighted by molar-refractivity contribution is 9.10. The van der Waals surface area contributed by atoms with Gasteiger partial charge in [0.25, 0.3) is 0 Å². The molecule has 0 aliphatic carbocycles. The normalized spacial score (nSPS) is 9.85. The summed E-state index contributed by atoms with van der Waals surface area (Å²) in [5, 5.41) is 20.0. The lowest BCUT2D eigenvalue weighted by molar-refractivity contribution is -0.384. The molecule has 0 unspecified atom stereocenters. The lowest BCUT2D eigenvalue weighted by atomic mass is 10.2. The van der Waals surface area contributed by atoms with Gasteiger partial charge in [0.1, 0.15) is 0 Å². The number of aromatic nitrogens is 1. The summed E-state index contributed by atoms with van der Waals surface area (Å²) in [4.78, 5) is 16.3. The smallest absolute Gasteiger partial charge is 0.313 e. The maximum absolute atomic E-state index is 11.1. The van der Waals surface area contributed by atoms with Crippen LogP contribution < -0.4 is 4.90 Å². The van der Waals surface area contributed by atoms with Crippen molar-refractivity contribution in [1.82, 2.24) is 4.98 Å². The first-order chi connectivity index (χ1) is 9.52. The molecule has 0 saturated heterocycles. The Kier molecular flexibility index (Phi) is 3.96. The van der Waals surface area contributed by atoms with Crippen LogP contribution in [-0.4, -0.2) is 17.0 Å². The van der Waals surface area contributed by atoms with Gasteiger partial charge in [-0.25, -0.2) is 4.98 Å². The van der Waals surface area contributed by atoms with E-state index in [1.165, 1.54) is 12.3 Å².